The molecule has 2 nitrogen and oxygen atoms in total. The number of rotatable bonds is 5. The van der Waals surface area contributed by atoms with Crippen molar-refractivity contribution >= 4 is 0 Å². The molecule has 5 heteroatoms. The van der Waals surface area contributed by atoms with Crippen molar-refractivity contribution in [1.82, 2.24) is 4.90 Å². The van der Waals surface area contributed by atoms with E-state index in [4.69, 9.17) is 5.73 Å². The number of hydrogen-bond donors (Lipinski definition) is 1. The van der Waals surface area contributed by atoms with E-state index < -0.39 is 12.2 Å². The first-order valence-corrected chi connectivity index (χ1v) is 5.87. The quantitative estimate of drug-likeness (QED) is 0.882. The lowest BCUT2D eigenvalue weighted by Gasteiger charge is -2.29. The van der Waals surface area contributed by atoms with E-state index in [-0.39, 0.29) is 19.5 Å². The SMILES string of the molecule is Cc1cccc(CN(C)C(CCN)C(F)(F)F)c1. The van der Waals surface area contributed by atoms with Crippen LogP contribution in [0, 0.1) is 6.92 Å². The number of halogens is 3. The van der Waals surface area contributed by atoms with Crippen LogP contribution in [0.1, 0.15) is 17.5 Å². The maximum atomic E-state index is 12.8. The number of aryl methyl sites for hydroxylation is 1. The van der Waals surface area contributed by atoms with Crippen molar-refractivity contribution in [3.8, 4) is 0 Å². The van der Waals surface area contributed by atoms with Crippen LogP contribution in [-0.4, -0.2) is 30.7 Å². The van der Waals surface area contributed by atoms with E-state index in [0.29, 0.717) is 0 Å². The number of alkyl halides is 3. The highest BCUT2D eigenvalue weighted by atomic mass is 19.4. The van der Waals surface area contributed by atoms with Gasteiger partial charge in [0, 0.05) is 6.54 Å². The lowest BCUT2D eigenvalue weighted by atomic mass is 10.1. The molecule has 18 heavy (non-hydrogen) atoms. The van der Waals surface area contributed by atoms with Crippen LogP contribution in [0.3, 0.4) is 0 Å². The molecule has 0 spiro atoms. The largest absolute Gasteiger partial charge is 0.404 e. The zero-order valence-electron chi connectivity index (χ0n) is 10.7. The fraction of sp³-hybridized carbons (Fsp3) is 0.538. The molecule has 0 saturated carbocycles. The molecular formula is C13H19F3N2. The summed E-state index contributed by atoms with van der Waals surface area (Å²) in [7, 11) is 1.48. The summed E-state index contributed by atoms with van der Waals surface area (Å²) in [5, 5.41) is 0. The molecule has 1 unspecified atom stereocenters. The topological polar surface area (TPSA) is 29.3 Å². The Hall–Kier alpha value is -1.07. The van der Waals surface area contributed by atoms with Crippen LogP contribution in [0.25, 0.3) is 0 Å². The lowest BCUT2D eigenvalue weighted by Crippen LogP contribution is -2.44. The molecule has 0 aliphatic rings. The lowest BCUT2D eigenvalue weighted by molar-refractivity contribution is -0.182. The molecule has 0 radical (unpaired) electrons. The second-order valence-corrected chi connectivity index (χ2v) is 4.54. The Labute approximate surface area is 106 Å². The van der Waals surface area contributed by atoms with Crippen LogP contribution >= 0.6 is 0 Å². The van der Waals surface area contributed by atoms with Gasteiger partial charge >= 0.3 is 6.18 Å². The molecule has 0 bridgehead atoms. The smallest absolute Gasteiger partial charge is 0.330 e. The minimum Gasteiger partial charge on any atom is -0.330 e. The average Bonchev–Trinajstić information content (AvgIpc) is 2.24. The van der Waals surface area contributed by atoms with Gasteiger partial charge in [0.2, 0.25) is 0 Å². The summed E-state index contributed by atoms with van der Waals surface area (Å²) in [6.07, 6.45) is -4.32. The normalized spacial score (nSPS) is 13.9. The van der Waals surface area contributed by atoms with E-state index in [1.807, 2.05) is 31.2 Å². The first kappa shape index (κ1) is 15.0. The molecule has 0 saturated heterocycles. The van der Waals surface area contributed by atoms with Gasteiger partial charge in [0.1, 0.15) is 6.04 Å². The van der Waals surface area contributed by atoms with Crippen LogP contribution < -0.4 is 5.73 Å². The third kappa shape index (κ3) is 4.31. The summed E-state index contributed by atoms with van der Waals surface area (Å²) >= 11 is 0. The van der Waals surface area contributed by atoms with Crippen molar-refractivity contribution in [3.05, 3.63) is 35.4 Å². The molecule has 1 atom stereocenters. The van der Waals surface area contributed by atoms with Crippen LogP contribution in [0.15, 0.2) is 24.3 Å². The Morgan fingerprint density at radius 2 is 2.00 bits per heavy atom. The molecule has 0 heterocycles. The molecular weight excluding hydrogens is 241 g/mol. The van der Waals surface area contributed by atoms with Crippen molar-refractivity contribution in [3.63, 3.8) is 0 Å². The van der Waals surface area contributed by atoms with Gasteiger partial charge in [-0.25, -0.2) is 0 Å². The maximum Gasteiger partial charge on any atom is 0.404 e. The van der Waals surface area contributed by atoms with E-state index in [2.05, 4.69) is 0 Å². The van der Waals surface area contributed by atoms with Crippen molar-refractivity contribution in [2.24, 2.45) is 5.73 Å². The van der Waals surface area contributed by atoms with Gasteiger partial charge in [-0.05, 0) is 32.5 Å². The molecule has 1 aromatic rings. The summed E-state index contributed by atoms with van der Waals surface area (Å²) in [6.45, 7) is 2.22. The molecule has 1 aromatic carbocycles. The molecule has 0 aliphatic carbocycles. The predicted octanol–water partition coefficient (Wildman–Crippen LogP) is 2.71. The van der Waals surface area contributed by atoms with Gasteiger partial charge in [0.15, 0.2) is 0 Å². The number of nitrogens with two attached hydrogens (primary N) is 1. The third-order valence-corrected chi connectivity index (χ3v) is 2.86. The third-order valence-electron chi connectivity index (χ3n) is 2.86. The van der Waals surface area contributed by atoms with E-state index in [1.165, 1.54) is 11.9 Å². The predicted molar refractivity (Wildman–Crippen MR) is 66.2 cm³/mol. The second kappa shape index (κ2) is 6.20. The summed E-state index contributed by atoms with van der Waals surface area (Å²) in [4.78, 5) is 1.31. The van der Waals surface area contributed by atoms with Gasteiger partial charge in [-0.15, -0.1) is 0 Å². The number of nitrogens with zero attached hydrogens (tertiary/aromatic N) is 1. The molecule has 0 aliphatic heterocycles. The van der Waals surface area contributed by atoms with Gasteiger partial charge in [-0.2, -0.15) is 13.2 Å². The Kier molecular flexibility index (Phi) is 5.16. The summed E-state index contributed by atoms with van der Waals surface area (Å²) < 4.78 is 38.5. The number of benzene rings is 1. The second-order valence-electron chi connectivity index (χ2n) is 4.54. The van der Waals surface area contributed by atoms with Gasteiger partial charge < -0.3 is 5.73 Å². The fourth-order valence-electron chi connectivity index (χ4n) is 2.00. The van der Waals surface area contributed by atoms with E-state index in [9.17, 15) is 13.2 Å². The Morgan fingerprint density at radius 3 is 2.50 bits per heavy atom. The van der Waals surface area contributed by atoms with Gasteiger partial charge in [0.25, 0.3) is 0 Å². The first-order valence-electron chi connectivity index (χ1n) is 5.87. The Morgan fingerprint density at radius 1 is 1.33 bits per heavy atom. The minimum absolute atomic E-state index is 0.0301. The molecule has 1 rings (SSSR count). The van der Waals surface area contributed by atoms with Gasteiger partial charge in [-0.3, -0.25) is 4.90 Å². The van der Waals surface area contributed by atoms with Crippen LogP contribution in [0.5, 0.6) is 0 Å². The highest BCUT2D eigenvalue weighted by Crippen LogP contribution is 2.27. The Balaban J connectivity index is 2.75. The van der Waals surface area contributed by atoms with Crippen molar-refractivity contribution in [2.45, 2.75) is 32.1 Å². The van der Waals surface area contributed by atoms with Gasteiger partial charge in [0.05, 0.1) is 0 Å². The minimum atomic E-state index is -4.24. The van der Waals surface area contributed by atoms with E-state index in [0.717, 1.165) is 11.1 Å². The highest BCUT2D eigenvalue weighted by molar-refractivity contribution is 5.22. The zero-order valence-corrected chi connectivity index (χ0v) is 10.7. The molecule has 0 fully saturated rings. The average molecular weight is 260 g/mol. The zero-order chi connectivity index (χ0) is 13.8. The fourth-order valence-corrected chi connectivity index (χ4v) is 2.00. The van der Waals surface area contributed by atoms with E-state index >= 15 is 0 Å². The molecule has 0 amide bonds. The number of hydrogen-bond acceptors (Lipinski definition) is 2. The van der Waals surface area contributed by atoms with E-state index in [1.54, 1.807) is 0 Å². The van der Waals surface area contributed by atoms with Crippen molar-refractivity contribution < 1.29 is 13.2 Å². The summed E-state index contributed by atoms with van der Waals surface area (Å²) in [5.41, 5.74) is 7.18. The van der Waals surface area contributed by atoms with Gasteiger partial charge in [-0.1, -0.05) is 29.8 Å². The first-order chi connectivity index (χ1) is 8.34. The summed E-state index contributed by atoms with van der Waals surface area (Å²) in [5.74, 6) is 0. The molecule has 0 aromatic heterocycles. The Bertz CT molecular complexity index is 377. The maximum absolute atomic E-state index is 12.8. The van der Waals surface area contributed by atoms with Crippen LogP contribution in [0.2, 0.25) is 0 Å². The van der Waals surface area contributed by atoms with Crippen LogP contribution in [0.4, 0.5) is 13.2 Å². The van der Waals surface area contributed by atoms with Crippen LogP contribution in [-0.2, 0) is 6.54 Å². The standard InChI is InChI=1S/C13H19F3N2/c1-10-4-3-5-11(8-10)9-18(2)12(6-7-17)13(14,15)16/h3-5,8,12H,6-7,9,17H2,1-2H3. The molecule has 2 N–H and O–H groups in total. The van der Waals surface area contributed by atoms with Crippen molar-refractivity contribution in [1.29, 1.82) is 0 Å². The monoisotopic (exact) mass is 260 g/mol. The summed E-state index contributed by atoms with van der Waals surface area (Å²) in [6, 6.07) is 6.02. The van der Waals surface area contributed by atoms with Crippen molar-refractivity contribution in [2.75, 3.05) is 13.6 Å². The molecule has 102 valence electrons. The highest BCUT2D eigenvalue weighted by Gasteiger charge is 2.41.